The zero-order valence-electron chi connectivity index (χ0n) is 12.0. The number of rotatable bonds is 7. The van der Waals surface area contributed by atoms with Crippen LogP contribution in [0.2, 0.25) is 0 Å². The van der Waals surface area contributed by atoms with Crippen molar-refractivity contribution in [3.63, 3.8) is 0 Å². The molecule has 3 nitrogen and oxygen atoms in total. The molecule has 1 aliphatic rings. The Kier molecular flexibility index (Phi) is 7.33. The Hall–Kier alpha value is -0.570. The summed E-state index contributed by atoms with van der Waals surface area (Å²) in [6, 6.07) is 0.681. The van der Waals surface area contributed by atoms with Gasteiger partial charge in [0, 0.05) is 12.5 Å². The van der Waals surface area contributed by atoms with Gasteiger partial charge >= 0.3 is 5.97 Å². The van der Waals surface area contributed by atoms with E-state index >= 15 is 0 Å². The first-order chi connectivity index (χ1) is 8.63. The van der Waals surface area contributed by atoms with E-state index in [1.54, 1.807) is 0 Å². The smallest absolute Gasteiger partial charge is 0.303 e. The first-order valence-corrected chi connectivity index (χ1v) is 7.55. The van der Waals surface area contributed by atoms with Crippen molar-refractivity contribution in [2.75, 3.05) is 13.6 Å². The minimum absolute atomic E-state index is 0.301. The molecule has 0 radical (unpaired) electrons. The molecule has 0 bridgehead atoms. The Balaban J connectivity index is 2.26. The minimum Gasteiger partial charge on any atom is -0.481 e. The molecular weight excluding hydrogens is 226 g/mol. The van der Waals surface area contributed by atoms with E-state index in [1.165, 1.54) is 44.9 Å². The molecule has 1 aliphatic carbocycles. The summed E-state index contributed by atoms with van der Waals surface area (Å²) in [4.78, 5) is 12.9. The third-order valence-corrected chi connectivity index (χ3v) is 4.28. The van der Waals surface area contributed by atoms with Crippen LogP contribution in [0, 0.1) is 5.92 Å². The van der Waals surface area contributed by atoms with Gasteiger partial charge in [-0.2, -0.15) is 0 Å². The van der Waals surface area contributed by atoms with Crippen molar-refractivity contribution in [2.45, 2.75) is 70.8 Å². The molecule has 0 amide bonds. The monoisotopic (exact) mass is 255 g/mol. The van der Waals surface area contributed by atoms with Crippen LogP contribution >= 0.6 is 0 Å². The van der Waals surface area contributed by atoms with E-state index in [0.29, 0.717) is 12.5 Å². The molecule has 0 aromatic heterocycles. The van der Waals surface area contributed by atoms with E-state index in [1.807, 2.05) is 0 Å². The predicted octanol–water partition coefficient (Wildman–Crippen LogP) is 3.53. The van der Waals surface area contributed by atoms with Crippen molar-refractivity contribution in [1.29, 1.82) is 0 Å². The van der Waals surface area contributed by atoms with E-state index < -0.39 is 5.97 Å². The topological polar surface area (TPSA) is 40.5 Å². The molecular formula is C15H29NO2. The van der Waals surface area contributed by atoms with E-state index in [9.17, 15) is 4.79 Å². The van der Waals surface area contributed by atoms with Crippen molar-refractivity contribution < 1.29 is 9.90 Å². The van der Waals surface area contributed by atoms with E-state index in [2.05, 4.69) is 18.9 Å². The highest BCUT2D eigenvalue weighted by Gasteiger charge is 2.21. The summed E-state index contributed by atoms with van der Waals surface area (Å²) in [6.07, 6.45) is 10.5. The van der Waals surface area contributed by atoms with Crippen LogP contribution in [0.4, 0.5) is 0 Å². The normalized spacial score (nSPS) is 25.1. The summed E-state index contributed by atoms with van der Waals surface area (Å²) in [5.74, 6) is 0.264. The van der Waals surface area contributed by atoms with Crippen molar-refractivity contribution in [2.24, 2.45) is 5.92 Å². The number of nitrogens with zero attached hydrogens (tertiary/aromatic N) is 1. The van der Waals surface area contributed by atoms with Crippen LogP contribution in [-0.4, -0.2) is 35.6 Å². The number of hydrogen-bond donors (Lipinski definition) is 1. The molecule has 0 heterocycles. The molecule has 1 N–H and O–H groups in total. The summed E-state index contributed by atoms with van der Waals surface area (Å²) in [5.41, 5.74) is 0. The number of carboxylic acids is 1. The number of aliphatic carboxylic acids is 1. The quantitative estimate of drug-likeness (QED) is 0.707. The largest absolute Gasteiger partial charge is 0.481 e. The van der Waals surface area contributed by atoms with Gasteiger partial charge in [0.1, 0.15) is 0 Å². The summed E-state index contributed by atoms with van der Waals surface area (Å²) in [7, 11) is 2.16. The standard InChI is InChI=1S/C15H29NO2/c1-3-6-13-7-4-8-14(11-10-13)16(2)12-5-9-15(17)18/h13-14H,3-12H2,1-2H3,(H,17,18). The van der Waals surface area contributed by atoms with Gasteiger partial charge in [0.25, 0.3) is 0 Å². The molecule has 2 unspecified atom stereocenters. The van der Waals surface area contributed by atoms with Gasteiger partial charge in [-0.3, -0.25) is 4.79 Å². The summed E-state index contributed by atoms with van der Waals surface area (Å²) < 4.78 is 0. The zero-order valence-corrected chi connectivity index (χ0v) is 12.0. The average Bonchev–Trinajstić information content (AvgIpc) is 2.54. The molecule has 1 fully saturated rings. The third-order valence-electron chi connectivity index (χ3n) is 4.28. The molecule has 1 saturated carbocycles. The van der Waals surface area contributed by atoms with Crippen LogP contribution in [0.3, 0.4) is 0 Å². The Morgan fingerprint density at radius 2 is 2.06 bits per heavy atom. The first kappa shape index (κ1) is 15.5. The Bertz CT molecular complexity index is 243. The fraction of sp³-hybridized carbons (Fsp3) is 0.933. The lowest BCUT2D eigenvalue weighted by Crippen LogP contribution is -2.32. The first-order valence-electron chi connectivity index (χ1n) is 7.55. The molecule has 0 aromatic carbocycles. The van der Waals surface area contributed by atoms with Crippen molar-refractivity contribution in [3.05, 3.63) is 0 Å². The lowest BCUT2D eigenvalue weighted by Gasteiger charge is -2.27. The Labute approximate surface area is 112 Å². The van der Waals surface area contributed by atoms with Gasteiger partial charge in [0.2, 0.25) is 0 Å². The molecule has 18 heavy (non-hydrogen) atoms. The molecule has 106 valence electrons. The highest BCUT2D eigenvalue weighted by molar-refractivity contribution is 5.66. The van der Waals surface area contributed by atoms with E-state index in [-0.39, 0.29) is 0 Å². The highest BCUT2D eigenvalue weighted by atomic mass is 16.4. The second kappa shape index (κ2) is 8.52. The summed E-state index contributed by atoms with van der Waals surface area (Å²) in [5, 5.41) is 8.66. The molecule has 2 atom stereocenters. The summed E-state index contributed by atoms with van der Waals surface area (Å²) >= 11 is 0. The van der Waals surface area contributed by atoms with Gasteiger partial charge in [-0.15, -0.1) is 0 Å². The van der Waals surface area contributed by atoms with Gasteiger partial charge in [-0.1, -0.05) is 32.6 Å². The zero-order chi connectivity index (χ0) is 13.4. The van der Waals surface area contributed by atoms with Gasteiger partial charge < -0.3 is 10.0 Å². The maximum absolute atomic E-state index is 10.5. The molecule has 3 heteroatoms. The maximum Gasteiger partial charge on any atom is 0.303 e. The molecule has 0 aromatic rings. The molecule has 0 saturated heterocycles. The van der Waals surface area contributed by atoms with Crippen LogP contribution < -0.4 is 0 Å². The second-order valence-electron chi connectivity index (χ2n) is 5.79. The van der Waals surface area contributed by atoms with Crippen LogP contribution in [0.25, 0.3) is 0 Å². The van der Waals surface area contributed by atoms with Crippen LogP contribution in [0.15, 0.2) is 0 Å². The Morgan fingerprint density at radius 1 is 1.28 bits per heavy atom. The van der Waals surface area contributed by atoms with Crippen LogP contribution in [0.5, 0.6) is 0 Å². The third kappa shape index (κ3) is 5.85. The molecule has 0 spiro atoms. The van der Waals surface area contributed by atoms with Gasteiger partial charge in [-0.25, -0.2) is 0 Å². The fourth-order valence-electron chi connectivity index (χ4n) is 3.16. The number of hydrogen-bond acceptors (Lipinski definition) is 2. The minimum atomic E-state index is -0.674. The average molecular weight is 255 g/mol. The lowest BCUT2D eigenvalue weighted by atomic mass is 9.95. The predicted molar refractivity (Wildman–Crippen MR) is 74.8 cm³/mol. The van der Waals surface area contributed by atoms with Crippen molar-refractivity contribution >= 4 is 5.97 Å². The SMILES string of the molecule is CCCC1CCCC(N(C)CCCC(=O)O)CC1. The number of carbonyl (C=O) groups is 1. The van der Waals surface area contributed by atoms with Crippen molar-refractivity contribution in [3.8, 4) is 0 Å². The van der Waals surface area contributed by atoms with Crippen LogP contribution in [-0.2, 0) is 4.79 Å². The highest BCUT2D eigenvalue weighted by Crippen LogP contribution is 2.28. The van der Waals surface area contributed by atoms with E-state index in [4.69, 9.17) is 5.11 Å². The van der Waals surface area contributed by atoms with Gasteiger partial charge in [0.15, 0.2) is 0 Å². The molecule has 1 rings (SSSR count). The van der Waals surface area contributed by atoms with Crippen molar-refractivity contribution in [1.82, 2.24) is 4.90 Å². The lowest BCUT2D eigenvalue weighted by molar-refractivity contribution is -0.137. The van der Waals surface area contributed by atoms with Crippen LogP contribution in [0.1, 0.15) is 64.7 Å². The maximum atomic E-state index is 10.5. The van der Waals surface area contributed by atoms with E-state index in [0.717, 1.165) is 18.9 Å². The molecule has 0 aliphatic heterocycles. The fourth-order valence-corrected chi connectivity index (χ4v) is 3.16. The van der Waals surface area contributed by atoms with Gasteiger partial charge in [-0.05, 0) is 45.2 Å². The summed E-state index contributed by atoms with van der Waals surface area (Å²) in [6.45, 7) is 3.20. The number of carboxylic acid groups (broad SMARTS) is 1. The van der Waals surface area contributed by atoms with Gasteiger partial charge in [0.05, 0.1) is 0 Å². The second-order valence-corrected chi connectivity index (χ2v) is 5.79. The Morgan fingerprint density at radius 3 is 2.72 bits per heavy atom.